The Bertz CT molecular complexity index is 468. The largest absolute Gasteiger partial charge is 0.323 e. The summed E-state index contributed by atoms with van der Waals surface area (Å²) in [4.78, 5) is 17.3. The van der Waals surface area contributed by atoms with Crippen molar-refractivity contribution in [2.75, 3.05) is 6.54 Å². The molecule has 90 valence electrons. The highest BCUT2D eigenvalue weighted by Crippen LogP contribution is 2.19. The van der Waals surface area contributed by atoms with Crippen LogP contribution in [-0.4, -0.2) is 28.4 Å². The van der Waals surface area contributed by atoms with Gasteiger partial charge in [0, 0.05) is 6.04 Å². The normalized spacial score (nSPS) is 10.1. The molecule has 0 aromatic carbocycles. The molecule has 1 amide bonds. The molecule has 0 saturated carbocycles. The Balaban J connectivity index is 3.06. The fraction of sp³-hybridized carbons (Fsp3) is 0.364. The summed E-state index contributed by atoms with van der Waals surface area (Å²) in [6.07, 6.45) is 0. The van der Waals surface area contributed by atoms with E-state index in [0.29, 0.717) is 0 Å². The standard InChI is InChI=1S/C11H11Cl2N3O/c1-7(2)16(6-5-14)11(17)8-3-4-9(12)15-10(8)13/h3-4,7H,6H2,1-2H3. The van der Waals surface area contributed by atoms with Gasteiger partial charge in [0.15, 0.2) is 0 Å². The lowest BCUT2D eigenvalue weighted by Crippen LogP contribution is -2.37. The Morgan fingerprint density at radius 1 is 1.53 bits per heavy atom. The van der Waals surface area contributed by atoms with Gasteiger partial charge in [0.05, 0.1) is 11.6 Å². The van der Waals surface area contributed by atoms with Crippen LogP contribution in [-0.2, 0) is 0 Å². The summed E-state index contributed by atoms with van der Waals surface area (Å²) >= 11 is 11.5. The van der Waals surface area contributed by atoms with Crippen LogP contribution in [0.4, 0.5) is 0 Å². The molecule has 4 nitrogen and oxygen atoms in total. The van der Waals surface area contributed by atoms with Crippen molar-refractivity contribution in [1.29, 1.82) is 5.26 Å². The zero-order valence-corrected chi connectivity index (χ0v) is 11.0. The van der Waals surface area contributed by atoms with Crippen LogP contribution in [0.3, 0.4) is 0 Å². The smallest absolute Gasteiger partial charge is 0.258 e. The summed E-state index contributed by atoms with van der Waals surface area (Å²) in [5.74, 6) is -0.323. The molecule has 0 aliphatic rings. The van der Waals surface area contributed by atoms with Crippen molar-refractivity contribution in [1.82, 2.24) is 9.88 Å². The van der Waals surface area contributed by atoms with Gasteiger partial charge in [0.2, 0.25) is 0 Å². The van der Waals surface area contributed by atoms with Crippen LogP contribution in [0.15, 0.2) is 12.1 Å². The lowest BCUT2D eigenvalue weighted by molar-refractivity contribution is 0.0731. The van der Waals surface area contributed by atoms with E-state index < -0.39 is 0 Å². The zero-order valence-electron chi connectivity index (χ0n) is 9.44. The summed E-state index contributed by atoms with van der Waals surface area (Å²) in [6, 6.07) is 4.86. The predicted molar refractivity (Wildman–Crippen MR) is 66.0 cm³/mol. The maximum atomic E-state index is 12.1. The molecule has 0 N–H and O–H groups in total. The molecule has 1 aromatic heterocycles. The van der Waals surface area contributed by atoms with Crippen LogP contribution in [0.1, 0.15) is 24.2 Å². The number of nitrogens with zero attached hydrogens (tertiary/aromatic N) is 3. The minimum absolute atomic E-state index is 0.00938. The number of hydrogen-bond acceptors (Lipinski definition) is 3. The van der Waals surface area contributed by atoms with Gasteiger partial charge in [-0.25, -0.2) is 4.98 Å². The van der Waals surface area contributed by atoms with Gasteiger partial charge in [-0.15, -0.1) is 0 Å². The van der Waals surface area contributed by atoms with E-state index in [1.54, 1.807) is 0 Å². The highest BCUT2D eigenvalue weighted by Gasteiger charge is 2.21. The average Bonchev–Trinajstić information content (AvgIpc) is 2.24. The molecular weight excluding hydrogens is 261 g/mol. The Labute approximate surface area is 110 Å². The van der Waals surface area contributed by atoms with Crippen LogP contribution in [0.2, 0.25) is 10.3 Å². The van der Waals surface area contributed by atoms with Gasteiger partial charge in [-0.05, 0) is 26.0 Å². The second kappa shape index (κ2) is 5.85. The first-order valence-corrected chi connectivity index (χ1v) is 5.73. The molecule has 0 aliphatic carbocycles. The number of hydrogen-bond donors (Lipinski definition) is 0. The molecule has 0 bridgehead atoms. The maximum absolute atomic E-state index is 12.1. The summed E-state index contributed by atoms with van der Waals surface area (Å²) in [6.45, 7) is 3.66. The van der Waals surface area contributed by atoms with E-state index in [0.717, 1.165) is 0 Å². The minimum atomic E-state index is -0.323. The van der Waals surface area contributed by atoms with Crippen molar-refractivity contribution in [2.24, 2.45) is 0 Å². The number of halogens is 2. The van der Waals surface area contributed by atoms with Crippen LogP contribution in [0.25, 0.3) is 0 Å². The molecule has 0 aliphatic heterocycles. The molecule has 1 rings (SSSR count). The molecule has 1 heterocycles. The van der Waals surface area contributed by atoms with Crippen molar-refractivity contribution in [2.45, 2.75) is 19.9 Å². The Morgan fingerprint density at radius 2 is 2.18 bits per heavy atom. The molecule has 0 atom stereocenters. The summed E-state index contributed by atoms with van der Waals surface area (Å²) in [7, 11) is 0. The minimum Gasteiger partial charge on any atom is -0.323 e. The summed E-state index contributed by atoms with van der Waals surface area (Å²) < 4.78 is 0. The van der Waals surface area contributed by atoms with Gasteiger partial charge >= 0.3 is 0 Å². The van der Waals surface area contributed by atoms with Crippen molar-refractivity contribution < 1.29 is 4.79 Å². The van der Waals surface area contributed by atoms with Gasteiger partial charge < -0.3 is 4.90 Å². The van der Waals surface area contributed by atoms with Gasteiger partial charge in [0.25, 0.3) is 5.91 Å². The highest BCUT2D eigenvalue weighted by molar-refractivity contribution is 6.34. The SMILES string of the molecule is CC(C)N(CC#N)C(=O)c1ccc(Cl)nc1Cl. The molecule has 17 heavy (non-hydrogen) atoms. The molecule has 6 heteroatoms. The molecular formula is C11H11Cl2N3O. The molecule has 0 unspecified atom stereocenters. The van der Waals surface area contributed by atoms with E-state index in [1.165, 1.54) is 17.0 Å². The molecule has 0 radical (unpaired) electrons. The second-order valence-electron chi connectivity index (χ2n) is 3.66. The van der Waals surface area contributed by atoms with E-state index in [9.17, 15) is 4.79 Å². The number of aromatic nitrogens is 1. The first-order chi connectivity index (χ1) is 7.97. The monoisotopic (exact) mass is 271 g/mol. The summed E-state index contributed by atoms with van der Waals surface area (Å²) in [5, 5.41) is 8.95. The lowest BCUT2D eigenvalue weighted by Gasteiger charge is -2.24. The topological polar surface area (TPSA) is 57.0 Å². The zero-order chi connectivity index (χ0) is 13.0. The van der Waals surface area contributed by atoms with Crippen LogP contribution in [0, 0.1) is 11.3 Å². The number of amides is 1. The average molecular weight is 272 g/mol. The second-order valence-corrected chi connectivity index (χ2v) is 4.40. The molecule has 1 aromatic rings. The predicted octanol–water partition coefficient (Wildman–Crippen LogP) is 2.76. The molecule has 0 saturated heterocycles. The van der Waals surface area contributed by atoms with Crippen molar-refractivity contribution in [3.05, 3.63) is 28.0 Å². The third kappa shape index (κ3) is 3.32. The number of pyridine rings is 1. The van der Waals surface area contributed by atoms with Crippen LogP contribution >= 0.6 is 23.2 Å². The number of rotatable bonds is 3. The van der Waals surface area contributed by atoms with E-state index in [1.807, 2.05) is 19.9 Å². The van der Waals surface area contributed by atoms with Gasteiger partial charge in [-0.2, -0.15) is 5.26 Å². The first-order valence-electron chi connectivity index (χ1n) is 4.97. The number of carbonyl (C=O) groups excluding carboxylic acids is 1. The fourth-order valence-corrected chi connectivity index (χ4v) is 1.72. The third-order valence-corrected chi connectivity index (χ3v) is 2.67. The van der Waals surface area contributed by atoms with E-state index >= 15 is 0 Å². The lowest BCUT2D eigenvalue weighted by atomic mass is 10.2. The number of carbonyl (C=O) groups is 1. The van der Waals surface area contributed by atoms with Gasteiger partial charge in [0.1, 0.15) is 16.9 Å². The van der Waals surface area contributed by atoms with E-state index in [-0.39, 0.29) is 34.4 Å². The quantitative estimate of drug-likeness (QED) is 0.628. The third-order valence-electron chi connectivity index (χ3n) is 2.17. The molecule has 0 spiro atoms. The van der Waals surface area contributed by atoms with E-state index in [4.69, 9.17) is 28.5 Å². The van der Waals surface area contributed by atoms with Gasteiger partial charge in [-0.1, -0.05) is 23.2 Å². The Kier molecular flexibility index (Phi) is 4.73. The number of nitriles is 1. The Hall–Kier alpha value is -1.31. The van der Waals surface area contributed by atoms with Crippen molar-refractivity contribution >= 4 is 29.1 Å². The van der Waals surface area contributed by atoms with Crippen LogP contribution in [0.5, 0.6) is 0 Å². The first kappa shape index (κ1) is 13.8. The van der Waals surface area contributed by atoms with Crippen molar-refractivity contribution in [3.8, 4) is 6.07 Å². The fourth-order valence-electron chi connectivity index (χ4n) is 1.29. The van der Waals surface area contributed by atoms with Gasteiger partial charge in [-0.3, -0.25) is 4.79 Å². The Morgan fingerprint density at radius 3 is 2.65 bits per heavy atom. The van der Waals surface area contributed by atoms with E-state index in [2.05, 4.69) is 4.98 Å². The molecule has 0 fully saturated rings. The summed E-state index contributed by atoms with van der Waals surface area (Å²) in [5.41, 5.74) is 0.250. The van der Waals surface area contributed by atoms with Crippen molar-refractivity contribution in [3.63, 3.8) is 0 Å². The van der Waals surface area contributed by atoms with Crippen LogP contribution < -0.4 is 0 Å². The highest BCUT2D eigenvalue weighted by atomic mass is 35.5. The maximum Gasteiger partial charge on any atom is 0.258 e.